The first kappa shape index (κ1) is 11.8. The Bertz CT molecular complexity index is 474. The van der Waals surface area contributed by atoms with E-state index in [0.29, 0.717) is 11.8 Å². The number of nitrogens with one attached hydrogen (secondary N) is 1. The molecule has 0 radical (unpaired) electrons. The molecule has 0 saturated heterocycles. The Morgan fingerprint density at radius 2 is 2.25 bits per heavy atom. The quantitative estimate of drug-likeness (QED) is 0.946. The molecule has 0 fully saturated rings. The van der Waals surface area contributed by atoms with E-state index in [2.05, 4.69) is 31.4 Å². The zero-order valence-electron chi connectivity index (χ0n) is 9.24. The molecule has 0 saturated carbocycles. The Hall–Kier alpha value is -0.720. The Balaban J connectivity index is 2.31. The van der Waals surface area contributed by atoms with Gasteiger partial charge in [-0.05, 0) is 48.5 Å². The first-order valence-electron chi connectivity index (χ1n) is 4.88. The fourth-order valence-corrected chi connectivity index (χ4v) is 2.65. The van der Waals surface area contributed by atoms with Crippen LogP contribution in [0.4, 0.5) is 0 Å². The minimum Gasteiger partial charge on any atom is -0.418 e. The lowest BCUT2D eigenvalue weighted by Crippen LogP contribution is -2.12. The molecule has 0 aliphatic heterocycles. The summed E-state index contributed by atoms with van der Waals surface area (Å²) in [6.45, 7) is 4.02. The second-order valence-electron chi connectivity index (χ2n) is 3.52. The van der Waals surface area contributed by atoms with Crippen molar-refractivity contribution in [1.29, 1.82) is 0 Å². The maximum Gasteiger partial charge on any atom is 0.257 e. The van der Waals surface area contributed by atoms with E-state index in [0.717, 1.165) is 8.66 Å². The Morgan fingerprint density at radius 1 is 1.50 bits per heavy atom. The topological polar surface area (TPSA) is 51.0 Å². The van der Waals surface area contributed by atoms with Gasteiger partial charge < -0.3 is 9.73 Å². The van der Waals surface area contributed by atoms with Gasteiger partial charge >= 0.3 is 0 Å². The smallest absolute Gasteiger partial charge is 0.257 e. The van der Waals surface area contributed by atoms with Crippen LogP contribution in [0.1, 0.15) is 24.4 Å². The van der Waals surface area contributed by atoms with Gasteiger partial charge in [-0.25, -0.2) is 0 Å². The van der Waals surface area contributed by atoms with E-state index in [1.807, 2.05) is 27.0 Å². The lowest BCUT2D eigenvalue weighted by molar-refractivity contribution is 0.442. The summed E-state index contributed by atoms with van der Waals surface area (Å²) in [5, 5.41) is 11.1. The van der Waals surface area contributed by atoms with Crippen LogP contribution < -0.4 is 5.32 Å². The molecular formula is C10H12BrN3OS. The Labute approximate surface area is 106 Å². The van der Waals surface area contributed by atoms with Gasteiger partial charge in [0.25, 0.3) is 5.89 Å². The van der Waals surface area contributed by atoms with Crippen molar-refractivity contribution in [1.82, 2.24) is 15.5 Å². The largest absolute Gasteiger partial charge is 0.418 e. The second-order valence-corrected chi connectivity index (χ2v) is 5.89. The van der Waals surface area contributed by atoms with E-state index >= 15 is 0 Å². The highest BCUT2D eigenvalue weighted by Gasteiger charge is 2.15. The van der Waals surface area contributed by atoms with Crippen molar-refractivity contribution in [3.8, 4) is 10.8 Å². The first-order chi connectivity index (χ1) is 7.61. The zero-order valence-corrected chi connectivity index (χ0v) is 11.6. The fourth-order valence-electron chi connectivity index (χ4n) is 1.20. The molecule has 0 aliphatic carbocycles. The van der Waals surface area contributed by atoms with Crippen LogP contribution in [-0.4, -0.2) is 17.2 Å². The van der Waals surface area contributed by atoms with E-state index in [4.69, 9.17) is 4.42 Å². The molecule has 0 aromatic carbocycles. The molecule has 6 heteroatoms. The maximum absolute atomic E-state index is 5.60. The SMILES string of the molecule is CNC(C)c1nnc(-c2cc(C)c(Br)s2)o1. The summed E-state index contributed by atoms with van der Waals surface area (Å²) >= 11 is 5.08. The van der Waals surface area contributed by atoms with Crippen LogP contribution >= 0.6 is 27.3 Å². The molecule has 1 unspecified atom stereocenters. The van der Waals surface area contributed by atoms with Gasteiger partial charge in [0.15, 0.2) is 0 Å². The van der Waals surface area contributed by atoms with Crippen molar-refractivity contribution in [2.75, 3.05) is 7.05 Å². The van der Waals surface area contributed by atoms with Gasteiger partial charge in [0.1, 0.15) is 0 Å². The number of hydrogen-bond donors (Lipinski definition) is 1. The van der Waals surface area contributed by atoms with Crippen molar-refractivity contribution in [3.05, 3.63) is 21.3 Å². The summed E-state index contributed by atoms with van der Waals surface area (Å²) in [6.07, 6.45) is 0. The van der Waals surface area contributed by atoms with Gasteiger partial charge in [0.2, 0.25) is 5.89 Å². The van der Waals surface area contributed by atoms with E-state index in [1.165, 1.54) is 5.56 Å². The third kappa shape index (κ3) is 2.18. The molecular weight excluding hydrogens is 290 g/mol. The van der Waals surface area contributed by atoms with Crippen LogP contribution in [0.5, 0.6) is 0 Å². The van der Waals surface area contributed by atoms with Crippen LogP contribution in [0.25, 0.3) is 10.8 Å². The monoisotopic (exact) mass is 301 g/mol. The molecule has 0 bridgehead atoms. The molecule has 16 heavy (non-hydrogen) atoms. The van der Waals surface area contributed by atoms with Gasteiger partial charge in [-0.3, -0.25) is 0 Å². The Kier molecular flexibility index (Phi) is 3.41. The number of rotatable bonds is 3. The predicted octanol–water partition coefficient (Wildman–Crippen LogP) is 3.15. The van der Waals surface area contributed by atoms with Crippen molar-refractivity contribution >= 4 is 27.3 Å². The predicted molar refractivity (Wildman–Crippen MR) is 67.5 cm³/mol. The molecule has 1 atom stereocenters. The fraction of sp³-hybridized carbons (Fsp3) is 0.400. The van der Waals surface area contributed by atoms with Crippen LogP contribution in [-0.2, 0) is 0 Å². The van der Waals surface area contributed by atoms with Gasteiger partial charge in [0.05, 0.1) is 14.7 Å². The highest BCUT2D eigenvalue weighted by atomic mass is 79.9. The first-order valence-corrected chi connectivity index (χ1v) is 6.49. The molecule has 86 valence electrons. The molecule has 4 nitrogen and oxygen atoms in total. The zero-order chi connectivity index (χ0) is 11.7. The molecule has 0 aliphatic rings. The summed E-state index contributed by atoms with van der Waals surface area (Å²) in [5.74, 6) is 1.19. The normalized spacial score (nSPS) is 13.0. The molecule has 2 aromatic heterocycles. The third-order valence-electron chi connectivity index (χ3n) is 2.31. The Morgan fingerprint density at radius 3 is 2.81 bits per heavy atom. The van der Waals surface area contributed by atoms with Crippen molar-refractivity contribution in [2.24, 2.45) is 0 Å². The van der Waals surface area contributed by atoms with Crippen LogP contribution in [0.3, 0.4) is 0 Å². The average molecular weight is 302 g/mol. The van der Waals surface area contributed by atoms with Crippen LogP contribution in [0, 0.1) is 6.92 Å². The van der Waals surface area contributed by atoms with Gasteiger partial charge in [-0.15, -0.1) is 21.5 Å². The minimum atomic E-state index is 0.0748. The lowest BCUT2D eigenvalue weighted by Gasteiger charge is -2.01. The molecule has 2 aromatic rings. The second kappa shape index (κ2) is 4.65. The highest BCUT2D eigenvalue weighted by Crippen LogP contribution is 2.34. The van der Waals surface area contributed by atoms with Crippen molar-refractivity contribution in [3.63, 3.8) is 0 Å². The van der Waals surface area contributed by atoms with E-state index in [-0.39, 0.29) is 6.04 Å². The van der Waals surface area contributed by atoms with Crippen molar-refractivity contribution in [2.45, 2.75) is 19.9 Å². The maximum atomic E-state index is 5.60. The number of aromatic nitrogens is 2. The van der Waals surface area contributed by atoms with Crippen LogP contribution in [0.15, 0.2) is 14.3 Å². The number of halogens is 1. The summed E-state index contributed by atoms with van der Waals surface area (Å²) in [6, 6.07) is 2.11. The molecule has 2 rings (SSSR count). The lowest BCUT2D eigenvalue weighted by atomic mass is 10.3. The minimum absolute atomic E-state index is 0.0748. The van der Waals surface area contributed by atoms with E-state index < -0.39 is 0 Å². The number of hydrogen-bond acceptors (Lipinski definition) is 5. The highest BCUT2D eigenvalue weighted by molar-refractivity contribution is 9.11. The van der Waals surface area contributed by atoms with Gasteiger partial charge in [-0.2, -0.15) is 0 Å². The summed E-state index contributed by atoms with van der Waals surface area (Å²) < 4.78 is 6.70. The summed E-state index contributed by atoms with van der Waals surface area (Å²) in [5.41, 5.74) is 1.18. The number of aryl methyl sites for hydroxylation is 1. The molecule has 1 N–H and O–H groups in total. The molecule has 0 spiro atoms. The third-order valence-corrected chi connectivity index (χ3v) is 4.44. The number of nitrogens with zero attached hydrogens (tertiary/aromatic N) is 2. The van der Waals surface area contributed by atoms with Crippen LogP contribution in [0.2, 0.25) is 0 Å². The van der Waals surface area contributed by atoms with Gasteiger partial charge in [-0.1, -0.05) is 0 Å². The van der Waals surface area contributed by atoms with Gasteiger partial charge in [0, 0.05) is 0 Å². The van der Waals surface area contributed by atoms with E-state index in [1.54, 1.807) is 11.3 Å². The molecule has 0 amide bonds. The van der Waals surface area contributed by atoms with Crippen molar-refractivity contribution < 1.29 is 4.42 Å². The average Bonchev–Trinajstić information content (AvgIpc) is 2.86. The number of thiophene rings is 1. The molecule has 2 heterocycles. The summed E-state index contributed by atoms with van der Waals surface area (Å²) in [7, 11) is 1.86. The van der Waals surface area contributed by atoms with E-state index in [9.17, 15) is 0 Å². The summed E-state index contributed by atoms with van der Waals surface area (Å²) in [4.78, 5) is 0.992. The standard InChI is InChI=1S/C10H12BrN3OS/c1-5-4-7(16-8(5)11)10-14-13-9(15-10)6(2)12-3/h4,6,12H,1-3H3.